The molecule has 4 atom stereocenters. The Bertz CT molecular complexity index is 1710. The Morgan fingerprint density at radius 2 is 1.79 bits per heavy atom. The van der Waals surface area contributed by atoms with Crippen LogP contribution >= 0.6 is 0 Å². The van der Waals surface area contributed by atoms with Crippen LogP contribution in [0.15, 0.2) is 48.5 Å². The molecule has 1 aromatic heterocycles. The monoisotopic (exact) mass is 591 g/mol. The van der Waals surface area contributed by atoms with Crippen molar-refractivity contribution in [1.82, 2.24) is 20.2 Å². The summed E-state index contributed by atoms with van der Waals surface area (Å²) >= 11 is 0. The summed E-state index contributed by atoms with van der Waals surface area (Å²) in [6.07, 6.45) is 0.768. The Hall–Kier alpha value is -3.50. The molecule has 0 spiro atoms. The summed E-state index contributed by atoms with van der Waals surface area (Å²) in [4.78, 5) is 13.8. The van der Waals surface area contributed by atoms with Crippen molar-refractivity contribution in [2.24, 2.45) is 0 Å². The number of anilines is 1. The highest BCUT2D eigenvalue weighted by molar-refractivity contribution is 6.01. The molecule has 0 aliphatic carbocycles. The molecule has 4 aliphatic rings. The number of ether oxygens (including phenoxy) is 1. The maximum atomic E-state index is 16.7. The lowest BCUT2D eigenvalue weighted by Crippen LogP contribution is -2.51. The number of aromatic nitrogens is 2. The second-order valence-electron chi connectivity index (χ2n) is 12.7. The second kappa shape index (κ2) is 10.3. The summed E-state index contributed by atoms with van der Waals surface area (Å²) in [7, 11) is 0. The van der Waals surface area contributed by atoms with Crippen molar-refractivity contribution in [2.45, 2.75) is 62.3 Å². The minimum absolute atomic E-state index is 0.0548. The molecule has 10 heteroatoms. The third-order valence-electron chi connectivity index (χ3n) is 9.94. The normalized spacial score (nSPS) is 27.1. The van der Waals surface area contributed by atoms with Crippen molar-refractivity contribution in [2.75, 3.05) is 37.7 Å². The van der Waals surface area contributed by atoms with E-state index in [1.807, 2.05) is 12.1 Å². The van der Waals surface area contributed by atoms with Crippen LogP contribution in [0.1, 0.15) is 44.1 Å². The largest absolute Gasteiger partial charge is 0.461 e. The van der Waals surface area contributed by atoms with Gasteiger partial charge in [-0.1, -0.05) is 30.3 Å². The van der Waals surface area contributed by atoms with Crippen molar-refractivity contribution in [1.29, 1.82) is 0 Å². The van der Waals surface area contributed by atoms with E-state index >= 15 is 4.39 Å². The van der Waals surface area contributed by atoms with Crippen molar-refractivity contribution >= 4 is 27.5 Å². The Labute approximate surface area is 247 Å². The van der Waals surface area contributed by atoms with E-state index in [9.17, 15) is 13.2 Å². The molecule has 0 saturated carbocycles. The molecule has 3 aromatic carbocycles. The van der Waals surface area contributed by atoms with E-state index < -0.39 is 24.0 Å². The van der Waals surface area contributed by atoms with E-state index in [0.717, 1.165) is 45.3 Å². The minimum atomic E-state index is -2.70. The van der Waals surface area contributed by atoms with E-state index in [4.69, 9.17) is 9.72 Å². The molecule has 0 unspecified atom stereocenters. The van der Waals surface area contributed by atoms with Gasteiger partial charge in [0.1, 0.15) is 24.1 Å². The standard InChI is InChI=1S/C33H33F4N5O/c34-21-14-33(10-3-11-42(33)15-21)18-43-32-39-29-26(31(40-32)41-16-22-6-7-23(17-41)38-22)9-8-25(28(29)35)27-13-20(30(36)37)12-19-4-1-2-5-24(19)27/h1-2,4-5,8-9,12-13,21-23,30,38H,3,6-7,10-11,14-18H2/t21-,22-,23+,33+/m1/s1. The summed E-state index contributed by atoms with van der Waals surface area (Å²) < 4.78 is 65.1. The minimum Gasteiger partial charge on any atom is -0.461 e. The molecule has 4 aliphatic heterocycles. The lowest BCUT2D eigenvalue weighted by atomic mass is 9.94. The van der Waals surface area contributed by atoms with Crippen LogP contribution in [-0.2, 0) is 0 Å². The fraction of sp³-hybridized carbons (Fsp3) is 0.455. The quantitative estimate of drug-likeness (QED) is 0.261. The summed E-state index contributed by atoms with van der Waals surface area (Å²) in [5.74, 6) is -0.00312. The number of hydrogen-bond acceptors (Lipinski definition) is 6. The van der Waals surface area contributed by atoms with Crippen LogP contribution in [0.2, 0.25) is 0 Å². The molecule has 0 radical (unpaired) electrons. The summed E-state index contributed by atoms with van der Waals surface area (Å²) in [5, 5.41) is 5.47. The van der Waals surface area contributed by atoms with E-state index in [2.05, 4.69) is 20.1 Å². The highest BCUT2D eigenvalue weighted by Crippen LogP contribution is 2.42. The average molecular weight is 592 g/mol. The van der Waals surface area contributed by atoms with Crippen LogP contribution < -0.4 is 15.0 Å². The molecule has 1 N–H and O–H groups in total. The summed E-state index contributed by atoms with van der Waals surface area (Å²) in [5.41, 5.74) is 0.0986. The highest BCUT2D eigenvalue weighted by Gasteiger charge is 2.49. The van der Waals surface area contributed by atoms with Crippen LogP contribution in [0.5, 0.6) is 6.01 Å². The van der Waals surface area contributed by atoms with Crippen molar-refractivity contribution < 1.29 is 22.3 Å². The van der Waals surface area contributed by atoms with E-state index in [-0.39, 0.29) is 29.3 Å². The van der Waals surface area contributed by atoms with Gasteiger partial charge in [-0.2, -0.15) is 9.97 Å². The number of hydrogen-bond donors (Lipinski definition) is 1. The molecule has 5 heterocycles. The first-order valence-electron chi connectivity index (χ1n) is 15.2. The van der Waals surface area contributed by atoms with Crippen LogP contribution in [-0.4, -0.2) is 71.4 Å². The van der Waals surface area contributed by atoms with Gasteiger partial charge < -0.3 is 15.0 Å². The molecule has 8 rings (SSSR count). The number of halogens is 4. The molecular weight excluding hydrogens is 558 g/mol. The van der Waals surface area contributed by atoms with Crippen molar-refractivity contribution in [3.05, 3.63) is 59.9 Å². The molecular formula is C33H33F4N5O. The van der Waals surface area contributed by atoms with E-state index in [0.29, 0.717) is 52.6 Å². The zero-order valence-corrected chi connectivity index (χ0v) is 23.7. The van der Waals surface area contributed by atoms with Gasteiger partial charge in [0.25, 0.3) is 6.43 Å². The number of nitrogens with zero attached hydrogens (tertiary/aromatic N) is 4. The SMILES string of the molecule is Fc1c(-c2cc(C(F)F)cc3ccccc23)ccc2c(N3C[C@H]4CC[C@@H](C3)N4)nc(OC[C@@]34CCCN3C[C@H](F)C4)nc12. The average Bonchev–Trinajstić information content (AvgIpc) is 3.65. The molecule has 224 valence electrons. The number of benzene rings is 3. The van der Waals surface area contributed by atoms with Gasteiger partial charge in [-0.25, -0.2) is 17.6 Å². The van der Waals surface area contributed by atoms with Crippen LogP contribution in [0, 0.1) is 5.82 Å². The van der Waals surface area contributed by atoms with Gasteiger partial charge in [0.05, 0.1) is 5.54 Å². The zero-order valence-electron chi connectivity index (χ0n) is 23.7. The fourth-order valence-electron chi connectivity index (χ4n) is 7.94. The van der Waals surface area contributed by atoms with Crippen LogP contribution in [0.4, 0.5) is 23.4 Å². The maximum Gasteiger partial charge on any atom is 0.319 e. The fourth-order valence-corrected chi connectivity index (χ4v) is 7.94. The van der Waals surface area contributed by atoms with Gasteiger partial charge in [0, 0.05) is 54.7 Å². The molecule has 4 fully saturated rings. The predicted molar refractivity (Wildman–Crippen MR) is 158 cm³/mol. The molecule has 4 saturated heterocycles. The highest BCUT2D eigenvalue weighted by atomic mass is 19.3. The lowest BCUT2D eigenvalue weighted by Gasteiger charge is -2.34. The van der Waals surface area contributed by atoms with Crippen LogP contribution in [0.25, 0.3) is 32.8 Å². The number of rotatable bonds is 6. The molecule has 6 nitrogen and oxygen atoms in total. The van der Waals surface area contributed by atoms with Gasteiger partial charge >= 0.3 is 6.01 Å². The Kier molecular flexibility index (Phi) is 6.49. The molecule has 0 amide bonds. The summed E-state index contributed by atoms with van der Waals surface area (Å²) in [6, 6.07) is 14.1. The topological polar surface area (TPSA) is 53.5 Å². The van der Waals surface area contributed by atoms with Gasteiger partial charge in [0.2, 0.25) is 0 Å². The lowest BCUT2D eigenvalue weighted by molar-refractivity contribution is 0.107. The molecule has 43 heavy (non-hydrogen) atoms. The smallest absolute Gasteiger partial charge is 0.319 e. The first kappa shape index (κ1) is 27.1. The Morgan fingerprint density at radius 1 is 0.977 bits per heavy atom. The maximum absolute atomic E-state index is 16.7. The van der Waals surface area contributed by atoms with E-state index in [1.54, 1.807) is 24.3 Å². The third-order valence-corrected chi connectivity index (χ3v) is 9.94. The van der Waals surface area contributed by atoms with Crippen molar-refractivity contribution in [3.8, 4) is 17.1 Å². The number of piperazine rings is 1. The first-order chi connectivity index (χ1) is 20.9. The first-order valence-corrected chi connectivity index (χ1v) is 15.2. The van der Waals surface area contributed by atoms with Crippen LogP contribution in [0.3, 0.4) is 0 Å². The predicted octanol–water partition coefficient (Wildman–Crippen LogP) is 6.42. The van der Waals surface area contributed by atoms with Crippen molar-refractivity contribution in [3.63, 3.8) is 0 Å². The Morgan fingerprint density at radius 3 is 2.60 bits per heavy atom. The van der Waals surface area contributed by atoms with Gasteiger partial charge in [-0.05, 0) is 66.8 Å². The van der Waals surface area contributed by atoms with Gasteiger partial charge in [-0.3, -0.25) is 4.90 Å². The molecule has 4 aromatic rings. The van der Waals surface area contributed by atoms with Gasteiger partial charge in [0.15, 0.2) is 5.82 Å². The van der Waals surface area contributed by atoms with E-state index in [1.165, 1.54) is 12.1 Å². The summed E-state index contributed by atoms with van der Waals surface area (Å²) in [6.45, 7) is 2.93. The number of fused-ring (bicyclic) bond motifs is 5. The molecule has 2 bridgehead atoms. The second-order valence-corrected chi connectivity index (χ2v) is 12.7. The van der Waals surface area contributed by atoms with Gasteiger partial charge in [-0.15, -0.1) is 0 Å². The number of nitrogens with one attached hydrogen (secondary N) is 1. The zero-order chi connectivity index (χ0) is 29.3. The Balaban J connectivity index is 1.25. The third kappa shape index (κ3) is 4.61. The number of alkyl halides is 3.